The number of carbonyl (C=O) groups is 1. The molecule has 1 amide bonds. The fraction of sp³-hybridized carbons (Fsp3) is 0.143. The summed E-state index contributed by atoms with van der Waals surface area (Å²) >= 11 is 3.53. The zero-order chi connectivity index (χ0) is 22.4. The van der Waals surface area contributed by atoms with Gasteiger partial charge in [-0.15, -0.1) is 0 Å². The fourth-order valence-corrected chi connectivity index (χ4v) is 5.33. The van der Waals surface area contributed by atoms with Crippen molar-refractivity contribution in [3.63, 3.8) is 0 Å². The lowest BCUT2D eigenvalue weighted by molar-refractivity contribution is -0.117. The quantitative estimate of drug-likeness (QED) is 0.284. The van der Waals surface area contributed by atoms with Gasteiger partial charge < -0.3 is 9.47 Å². The van der Waals surface area contributed by atoms with Gasteiger partial charge in [-0.1, -0.05) is 76.6 Å². The molecular weight excluding hydrogens is 474 g/mol. The standard InChI is InChI=1S/C28H22BrN3O/c29-22-10-6-11-23(16-22)31-18-21(15-27(31)33)28-30-25-13-3-4-14-26(25)32(28)17-20-9-5-8-19-7-1-2-12-24(19)20/h1-14,16,21H,15,17-18H2. The van der Waals surface area contributed by atoms with Gasteiger partial charge in [-0.25, -0.2) is 4.98 Å². The summed E-state index contributed by atoms with van der Waals surface area (Å²) in [5.41, 5.74) is 4.26. The van der Waals surface area contributed by atoms with E-state index in [1.165, 1.54) is 16.3 Å². The Bertz CT molecular complexity index is 1500. The minimum atomic E-state index is 0.0406. The van der Waals surface area contributed by atoms with Crippen molar-refractivity contribution in [1.82, 2.24) is 9.55 Å². The van der Waals surface area contributed by atoms with Crippen LogP contribution in [0.5, 0.6) is 0 Å². The number of rotatable bonds is 4. The third-order valence-electron chi connectivity index (χ3n) is 6.50. The normalized spacial score (nSPS) is 16.2. The van der Waals surface area contributed by atoms with Crippen LogP contribution in [0.1, 0.15) is 23.7 Å². The van der Waals surface area contributed by atoms with Crippen LogP contribution in [0.3, 0.4) is 0 Å². The van der Waals surface area contributed by atoms with E-state index >= 15 is 0 Å². The molecule has 0 spiro atoms. The third-order valence-corrected chi connectivity index (χ3v) is 7.00. The lowest BCUT2D eigenvalue weighted by atomic mass is 10.0. The topological polar surface area (TPSA) is 38.1 Å². The molecule has 33 heavy (non-hydrogen) atoms. The maximum absolute atomic E-state index is 13.0. The van der Waals surface area contributed by atoms with Crippen LogP contribution in [-0.2, 0) is 11.3 Å². The first kappa shape index (κ1) is 20.2. The molecule has 0 bridgehead atoms. The predicted molar refractivity (Wildman–Crippen MR) is 137 cm³/mol. The Morgan fingerprint density at radius 2 is 1.70 bits per heavy atom. The summed E-state index contributed by atoms with van der Waals surface area (Å²) in [4.78, 5) is 19.9. The Labute approximate surface area is 200 Å². The van der Waals surface area contributed by atoms with E-state index in [-0.39, 0.29) is 11.8 Å². The molecule has 0 aliphatic carbocycles. The van der Waals surface area contributed by atoms with Gasteiger partial charge in [-0.05, 0) is 46.7 Å². The molecule has 4 nitrogen and oxygen atoms in total. The molecule has 1 atom stereocenters. The van der Waals surface area contributed by atoms with E-state index in [1.54, 1.807) is 0 Å². The van der Waals surface area contributed by atoms with E-state index in [0.717, 1.165) is 33.6 Å². The number of para-hydroxylation sites is 2. The van der Waals surface area contributed by atoms with Gasteiger partial charge in [-0.3, -0.25) is 4.79 Å². The second-order valence-corrected chi connectivity index (χ2v) is 9.48. The number of halogens is 1. The Morgan fingerprint density at radius 1 is 0.909 bits per heavy atom. The van der Waals surface area contributed by atoms with Crippen LogP contribution in [0.4, 0.5) is 5.69 Å². The largest absolute Gasteiger partial charge is 0.323 e. The Morgan fingerprint density at radius 3 is 2.61 bits per heavy atom. The molecule has 0 radical (unpaired) electrons. The number of nitrogens with zero attached hydrogens (tertiary/aromatic N) is 3. The molecule has 5 aromatic rings. The van der Waals surface area contributed by atoms with E-state index in [1.807, 2.05) is 35.2 Å². The van der Waals surface area contributed by atoms with E-state index in [9.17, 15) is 4.79 Å². The molecule has 1 aliphatic heterocycles. The molecule has 4 aromatic carbocycles. The van der Waals surface area contributed by atoms with Crippen LogP contribution in [0, 0.1) is 0 Å². The van der Waals surface area contributed by atoms with E-state index < -0.39 is 0 Å². The maximum Gasteiger partial charge on any atom is 0.227 e. The van der Waals surface area contributed by atoms with Crippen LogP contribution in [0.25, 0.3) is 21.8 Å². The second-order valence-electron chi connectivity index (χ2n) is 8.57. The highest BCUT2D eigenvalue weighted by atomic mass is 79.9. The fourth-order valence-electron chi connectivity index (χ4n) is 4.95. The minimum absolute atomic E-state index is 0.0406. The van der Waals surface area contributed by atoms with Gasteiger partial charge in [0.25, 0.3) is 0 Å². The Hall–Kier alpha value is -3.44. The molecular formula is C28H22BrN3O. The average molecular weight is 496 g/mol. The number of benzene rings is 4. The number of imidazole rings is 1. The molecule has 2 heterocycles. The third kappa shape index (κ3) is 3.62. The summed E-state index contributed by atoms with van der Waals surface area (Å²) in [7, 11) is 0. The van der Waals surface area contributed by atoms with Crippen LogP contribution in [0.2, 0.25) is 0 Å². The average Bonchev–Trinajstić information content (AvgIpc) is 3.40. The van der Waals surface area contributed by atoms with E-state index in [4.69, 9.17) is 4.98 Å². The summed E-state index contributed by atoms with van der Waals surface area (Å²) in [6.45, 7) is 1.35. The zero-order valence-corrected chi connectivity index (χ0v) is 19.6. The van der Waals surface area contributed by atoms with Gasteiger partial charge in [0.05, 0.1) is 11.0 Å². The molecule has 1 aliphatic rings. The number of hydrogen-bond donors (Lipinski definition) is 0. The summed E-state index contributed by atoms with van der Waals surface area (Å²) in [6.07, 6.45) is 0.464. The van der Waals surface area contributed by atoms with Gasteiger partial charge in [-0.2, -0.15) is 0 Å². The number of anilines is 1. The Kier molecular flexibility index (Phi) is 4.99. The minimum Gasteiger partial charge on any atom is -0.323 e. The maximum atomic E-state index is 13.0. The Balaban J connectivity index is 1.42. The van der Waals surface area contributed by atoms with Crippen molar-refractivity contribution >= 4 is 49.3 Å². The summed E-state index contributed by atoms with van der Waals surface area (Å²) in [5.74, 6) is 1.16. The highest BCUT2D eigenvalue weighted by molar-refractivity contribution is 9.10. The van der Waals surface area contributed by atoms with Crippen molar-refractivity contribution < 1.29 is 4.79 Å². The summed E-state index contributed by atoms with van der Waals surface area (Å²) in [5, 5.41) is 2.49. The lowest BCUT2D eigenvalue weighted by Crippen LogP contribution is -2.24. The van der Waals surface area contributed by atoms with Crippen molar-refractivity contribution in [3.05, 3.63) is 107 Å². The highest BCUT2D eigenvalue weighted by Crippen LogP contribution is 2.34. The van der Waals surface area contributed by atoms with Gasteiger partial charge >= 0.3 is 0 Å². The number of amides is 1. The molecule has 6 rings (SSSR count). The first-order valence-electron chi connectivity index (χ1n) is 11.1. The molecule has 5 heteroatoms. The van der Waals surface area contributed by atoms with Crippen LogP contribution in [-0.4, -0.2) is 22.0 Å². The highest BCUT2D eigenvalue weighted by Gasteiger charge is 2.35. The van der Waals surface area contributed by atoms with E-state index in [0.29, 0.717) is 13.0 Å². The first-order chi connectivity index (χ1) is 16.2. The van der Waals surface area contributed by atoms with Gasteiger partial charge in [0.1, 0.15) is 5.82 Å². The molecule has 1 fully saturated rings. The SMILES string of the molecule is O=C1CC(c2nc3ccccc3n2Cc2cccc3ccccc23)CN1c1cccc(Br)c1. The molecule has 162 valence electrons. The molecule has 0 N–H and O–H groups in total. The summed E-state index contributed by atoms with van der Waals surface area (Å²) in [6, 6.07) is 31.1. The van der Waals surface area contributed by atoms with Gasteiger partial charge in [0.15, 0.2) is 0 Å². The van der Waals surface area contributed by atoms with Crippen LogP contribution < -0.4 is 4.90 Å². The van der Waals surface area contributed by atoms with Crippen molar-refractivity contribution in [2.75, 3.05) is 11.4 Å². The number of carbonyl (C=O) groups excluding carboxylic acids is 1. The lowest BCUT2D eigenvalue weighted by Gasteiger charge is -2.18. The monoisotopic (exact) mass is 495 g/mol. The zero-order valence-electron chi connectivity index (χ0n) is 18.0. The predicted octanol–water partition coefficient (Wildman–Crippen LogP) is 6.52. The molecule has 1 saturated heterocycles. The van der Waals surface area contributed by atoms with Gasteiger partial charge in [0.2, 0.25) is 5.91 Å². The van der Waals surface area contributed by atoms with E-state index in [2.05, 4.69) is 81.2 Å². The van der Waals surface area contributed by atoms with Crippen molar-refractivity contribution in [2.24, 2.45) is 0 Å². The molecule has 1 aromatic heterocycles. The van der Waals surface area contributed by atoms with Crippen molar-refractivity contribution in [1.29, 1.82) is 0 Å². The summed E-state index contributed by atoms with van der Waals surface area (Å²) < 4.78 is 3.28. The number of aromatic nitrogens is 2. The molecule has 1 unspecified atom stereocenters. The van der Waals surface area contributed by atoms with Crippen molar-refractivity contribution in [3.8, 4) is 0 Å². The van der Waals surface area contributed by atoms with Crippen LogP contribution in [0.15, 0.2) is 95.5 Å². The molecule has 0 saturated carbocycles. The van der Waals surface area contributed by atoms with Crippen LogP contribution >= 0.6 is 15.9 Å². The number of hydrogen-bond acceptors (Lipinski definition) is 2. The number of fused-ring (bicyclic) bond motifs is 2. The first-order valence-corrected chi connectivity index (χ1v) is 11.9. The van der Waals surface area contributed by atoms with Gasteiger partial charge in [0, 0.05) is 35.6 Å². The smallest absolute Gasteiger partial charge is 0.227 e. The second kappa shape index (κ2) is 8.16. The van der Waals surface area contributed by atoms with Crippen molar-refractivity contribution in [2.45, 2.75) is 18.9 Å².